The van der Waals surface area contributed by atoms with Crippen LogP contribution >= 0.6 is 15.9 Å². The van der Waals surface area contributed by atoms with Crippen molar-refractivity contribution in [2.45, 2.75) is 6.92 Å². The largest absolute Gasteiger partial charge is 0.396 e. The zero-order chi connectivity index (χ0) is 9.84. The molecule has 1 heterocycles. The molecule has 1 rings (SSSR count). The van der Waals surface area contributed by atoms with Crippen LogP contribution in [0.25, 0.3) is 0 Å². The first-order chi connectivity index (χ1) is 6.19. The number of rotatable bonds is 3. The molecule has 0 fully saturated rings. The fraction of sp³-hybridized carbons (Fsp3) is 0.375. The molecular formula is C8H12BrN3O. The second kappa shape index (κ2) is 4.43. The lowest BCUT2D eigenvalue weighted by Crippen LogP contribution is -2.23. The van der Waals surface area contributed by atoms with Crippen molar-refractivity contribution in [1.82, 2.24) is 4.98 Å². The highest BCUT2D eigenvalue weighted by Crippen LogP contribution is 2.23. The van der Waals surface area contributed by atoms with Gasteiger partial charge in [0, 0.05) is 17.2 Å². The van der Waals surface area contributed by atoms with Crippen molar-refractivity contribution in [3.63, 3.8) is 0 Å². The lowest BCUT2D eigenvalue weighted by Gasteiger charge is -2.19. The standard InChI is InChI=1S/C8H12BrN3O/c1-3-12(13-2)8-7(10)4-6(9)5-11-8/h4-5H,3,10H2,1-2H3. The van der Waals surface area contributed by atoms with Crippen molar-refractivity contribution in [2.24, 2.45) is 0 Å². The second-order valence-electron chi connectivity index (χ2n) is 2.44. The van der Waals surface area contributed by atoms with Crippen LogP contribution in [0.5, 0.6) is 0 Å². The first-order valence-corrected chi connectivity index (χ1v) is 4.71. The predicted octanol–water partition coefficient (Wildman–Crippen LogP) is 1.81. The third-order valence-corrected chi connectivity index (χ3v) is 2.04. The first-order valence-electron chi connectivity index (χ1n) is 3.91. The van der Waals surface area contributed by atoms with Crippen molar-refractivity contribution < 1.29 is 4.84 Å². The Hall–Kier alpha value is -0.810. The highest BCUT2D eigenvalue weighted by atomic mass is 79.9. The van der Waals surface area contributed by atoms with Gasteiger partial charge in [0.05, 0.1) is 12.8 Å². The summed E-state index contributed by atoms with van der Waals surface area (Å²) in [6.07, 6.45) is 1.69. The lowest BCUT2D eigenvalue weighted by atomic mass is 10.4. The molecule has 72 valence electrons. The van der Waals surface area contributed by atoms with Gasteiger partial charge in [-0.3, -0.25) is 4.84 Å². The van der Waals surface area contributed by atoms with Crippen molar-refractivity contribution in [3.05, 3.63) is 16.7 Å². The fourth-order valence-corrected chi connectivity index (χ4v) is 1.37. The van der Waals surface area contributed by atoms with E-state index in [9.17, 15) is 0 Å². The minimum absolute atomic E-state index is 0.595. The van der Waals surface area contributed by atoms with E-state index in [1.807, 2.05) is 6.92 Å². The Morgan fingerprint density at radius 2 is 2.38 bits per heavy atom. The summed E-state index contributed by atoms with van der Waals surface area (Å²) < 4.78 is 0.862. The summed E-state index contributed by atoms with van der Waals surface area (Å²) in [6.45, 7) is 2.67. The predicted molar refractivity (Wildman–Crippen MR) is 56.4 cm³/mol. The third kappa shape index (κ3) is 2.32. The summed E-state index contributed by atoms with van der Waals surface area (Å²) in [5, 5.41) is 1.63. The molecular weight excluding hydrogens is 234 g/mol. The van der Waals surface area contributed by atoms with E-state index in [2.05, 4.69) is 20.9 Å². The number of hydrogen-bond donors (Lipinski definition) is 1. The summed E-state index contributed by atoms with van der Waals surface area (Å²) in [5.74, 6) is 0.646. The van der Waals surface area contributed by atoms with Gasteiger partial charge in [-0.25, -0.2) is 10.0 Å². The summed E-state index contributed by atoms with van der Waals surface area (Å²) in [6, 6.07) is 1.80. The quantitative estimate of drug-likeness (QED) is 0.826. The van der Waals surface area contributed by atoms with Gasteiger partial charge in [-0.05, 0) is 28.9 Å². The van der Waals surface area contributed by atoms with E-state index in [0.717, 1.165) is 4.47 Å². The van der Waals surface area contributed by atoms with E-state index in [4.69, 9.17) is 10.6 Å². The summed E-state index contributed by atoms with van der Waals surface area (Å²) >= 11 is 3.29. The molecule has 1 aromatic rings. The highest BCUT2D eigenvalue weighted by Gasteiger charge is 2.08. The molecule has 0 aliphatic carbocycles. The Labute approximate surface area is 85.8 Å². The van der Waals surface area contributed by atoms with Crippen molar-refractivity contribution in [2.75, 3.05) is 24.5 Å². The zero-order valence-corrected chi connectivity index (χ0v) is 9.21. The molecule has 4 nitrogen and oxygen atoms in total. The maximum Gasteiger partial charge on any atom is 0.175 e. The van der Waals surface area contributed by atoms with E-state index >= 15 is 0 Å². The van der Waals surface area contributed by atoms with E-state index < -0.39 is 0 Å². The van der Waals surface area contributed by atoms with Gasteiger partial charge in [0.15, 0.2) is 5.82 Å². The highest BCUT2D eigenvalue weighted by molar-refractivity contribution is 9.10. The number of aromatic nitrogens is 1. The molecule has 0 unspecified atom stereocenters. The fourth-order valence-electron chi connectivity index (χ4n) is 1.02. The molecule has 13 heavy (non-hydrogen) atoms. The van der Waals surface area contributed by atoms with Crippen LogP contribution < -0.4 is 10.8 Å². The molecule has 2 N–H and O–H groups in total. The Morgan fingerprint density at radius 1 is 1.69 bits per heavy atom. The average Bonchev–Trinajstić information content (AvgIpc) is 2.10. The van der Waals surface area contributed by atoms with Gasteiger partial charge in [0.25, 0.3) is 0 Å². The van der Waals surface area contributed by atoms with Gasteiger partial charge >= 0.3 is 0 Å². The van der Waals surface area contributed by atoms with E-state index in [0.29, 0.717) is 18.1 Å². The first kappa shape index (κ1) is 10.3. The Kier molecular flexibility index (Phi) is 3.50. The average molecular weight is 246 g/mol. The summed E-state index contributed by atoms with van der Waals surface area (Å²) in [4.78, 5) is 9.23. The van der Waals surface area contributed by atoms with Crippen LogP contribution in [0.4, 0.5) is 11.5 Å². The molecule has 5 heteroatoms. The molecule has 0 amide bonds. The molecule has 0 bridgehead atoms. The van der Waals surface area contributed by atoms with Crippen molar-refractivity contribution in [1.29, 1.82) is 0 Å². The maximum absolute atomic E-state index is 5.76. The van der Waals surface area contributed by atoms with Crippen molar-refractivity contribution in [3.8, 4) is 0 Å². The number of pyridine rings is 1. The Bertz CT molecular complexity index is 289. The number of nitrogen functional groups attached to an aromatic ring is 1. The number of nitrogens with zero attached hydrogens (tertiary/aromatic N) is 2. The van der Waals surface area contributed by atoms with Crippen LogP contribution in [0.1, 0.15) is 6.92 Å². The lowest BCUT2D eigenvalue weighted by molar-refractivity contribution is 0.169. The SMILES string of the molecule is CCN(OC)c1ncc(Br)cc1N. The van der Waals surface area contributed by atoms with Gasteiger partial charge in [0.1, 0.15) is 0 Å². The topological polar surface area (TPSA) is 51.4 Å². The molecule has 1 aromatic heterocycles. The zero-order valence-electron chi connectivity index (χ0n) is 7.62. The van der Waals surface area contributed by atoms with Crippen LogP contribution in [0, 0.1) is 0 Å². The summed E-state index contributed by atoms with van der Waals surface area (Å²) in [7, 11) is 1.59. The second-order valence-corrected chi connectivity index (χ2v) is 3.36. The van der Waals surface area contributed by atoms with Crippen LogP contribution in [0.15, 0.2) is 16.7 Å². The van der Waals surface area contributed by atoms with Gasteiger partial charge in [-0.15, -0.1) is 0 Å². The van der Waals surface area contributed by atoms with Crippen LogP contribution in [0.3, 0.4) is 0 Å². The van der Waals surface area contributed by atoms with E-state index in [1.165, 1.54) is 0 Å². The molecule has 0 aliphatic rings. The molecule has 0 saturated carbocycles. The number of hydroxylamine groups is 1. The minimum Gasteiger partial charge on any atom is -0.396 e. The number of nitrogens with two attached hydrogens (primary N) is 1. The van der Waals surface area contributed by atoms with Crippen molar-refractivity contribution >= 4 is 27.4 Å². The number of halogens is 1. The molecule has 0 atom stereocenters. The Morgan fingerprint density at radius 3 is 2.85 bits per heavy atom. The van der Waals surface area contributed by atoms with E-state index in [-0.39, 0.29) is 0 Å². The number of anilines is 2. The van der Waals surface area contributed by atoms with Crippen LogP contribution in [-0.4, -0.2) is 18.6 Å². The number of hydrogen-bond acceptors (Lipinski definition) is 4. The van der Waals surface area contributed by atoms with Crippen LogP contribution in [0.2, 0.25) is 0 Å². The molecule has 0 aliphatic heterocycles. The van der Waals surface area contributed by atoms with Gasteiger partial charge in [-0.1, -0.05) is 0 Å². The normalized spacial score (nSPS) is 10.1. The summed E-state index contributed by atoms with van der Waals surface area (Å²) in [5.41, 5.74) is 6.35. The minimum atomic E-state index is 0.595. The third-order valence-electron chi connectivity index (χ3n) is 1.61. The monoisotopic (exact) mass is 245 g/mol. The van der Waals surface area contributed by atoms with Gasteiger partial charge in [-0.2, -0.15) is 0 Å². The smallest absolute Gasteiger partial charge is 0.175 e. The molecule has 0 aromatic carbocycles. The van der Waals surface area contributed by atoms with Gasteiger partial charge < -0.3 is 5.73 Å². The molecule has 0 radical (unpaired) electrons. The molecule has 0 saturated heterocycles. The van der Waals surface area contributed by atoms with Crippen LogP contribution in [-0.2, 0) is 4.84 Å². The van der Waals surface area contributed by atoms with Gasteiger partial charge in [0.2, 0.25) is 0 Å². The van der Waals surface area contributed by atoms with E-state index in [1.54, 1.807) is 24.4 Å². The maximum atomic E-state index is 5.76. The molecule has 0 spiro atoms. The Balaban J connectivity index is 2.99.